The van der Waals surface area contributed by atoms with Gasteiger partial charge in [-0.25, -0.2) is 0 Å². The summed E-state index contributed by atoms with van der Waals surface area (Å²) in [6.07, 6.45) is 0. The first-order chi connectivity index (χ1) is 7.43. The summed E-state index contributed by atoms with van der Waals surface area (Å²) >= 11 is 15.4. The smallest absolute Gasteiger partial charge is 0.192 e. The molecule has 0 aliphatic carbocycles. The summed E-state index contributed by atoms with van der Waals surface area (Å²) in [6.45, 7) is 3.62. The van der Waals surface area contributed by atoms with E-state index in [1.54, 1.807) is 13.0 Å². The van der Waals surface area contributed by atoms with E-state index in [1.165, 1.54) is 0 Å². The normalized spacial score (nSPS) is 11.1. The van der Waals surface area contributed by atoms with Crippen LogP contribution in [0.5, 0.6) is 0 Å². The molecule has 5 heteroatoms. The number of pyridine rings is 1. The van der Waals surface area contributed by atoms with Crippen molar-refractivity contribution in [1.82, 2.24) is 4.98 Å². The maximum absolute atomic E-state index is 12.0. The minimum Gasteiger partial charge on any atom is -0.357 e. The fraction of sp³-hybridized carbons (Fsp3) is 0.182. The number of rotatable bonds is 0. The van der Waals surface area contributed by atoms with Crippen molar-refractivity contribution in [2.75, 3.05) is 0 Å². The SMILES string of the molecule is Cc1[nH]c2c(Cl)c(Cl)c(Br)cc2c(=O)c1C. The Bertz CT molecular complexity index is 649. The Morgan fingerprint density at radius 3 is 2.50 bits per heavy atom. The molecule has 0 aliphatic heterocycles. The summed E-state index contributed by atoms with van der Waals surface area (Å²) in [5.41, 5.74) is 2.06. The lowest BCUT2D eigenvalue weighted by molar-refractivity contribution is 1.18. The number of halogens is 3. The van der Waals surface area contributed by atoms with E-state index in [0.717, 1.165) is 5.69 Å². The Hall–Kier alpha value is -0.510. The molecule has 1 aromatic carbocycles. The van der Waals surface area contributed by atoms with Crippen LogP contribution in [-0.2, 0) is 0 Å². The highest BCUT2D eigenvalue weighted by Crippen LogP contribution is 2.35. The lowest BCUT2D eigenvalue weighted by Gasteiger charge is -2.08. The maximum Gasteiger partial charge on any atom is 0.192 e. The standard InChI is InChI=1S/C11H8BrCl2NO/c1-4-5(2)15-10-6(11(4)16)3-7(12)8(13)9(10)14/h3H,1-2H3,(H,15,16). The molecule has 0 aliphatic rings. The van der Waals surface area contributed by atoms with Gasteiger partial charge in [0.2, 0.25) is 0 Å². The van der Waals surface area contributed by atoms with Gasteiger partial charge in [0.1, 0.15) is 0 Å². The monoisotopic (exact) mass is 319 g/mol. The number of fused-ring (bicyclic) bond motifs is 1. The highest BCUT2D eigenvalue weighted by atomic mass is 79.9. The Kier molecular flexibility index (Phi) is 3.03. The van der Waals surface area contributed by atoms with Crippen molar-refractivity contribution in [1.29, 1.82) is 0 Å². The molecule has 0 bridgehead atoms. The molecule has 0 saturated carbocycles. The van der Waals surface area contributed by atoms with Crippen molar-refractivity contribution in [3.8, 4) is 0 Å². The molecule has 2 aromatic rings. The van der Waals surface area contributed by atoms with Gasteiger partial charge in [-0.3, -0.25) is 4.79 Å². The van der Waals surface area contributed by atoms with Gasteiger partial charge in [-0.15, -0.1) is 0 Å². The first-order valence-corrected chi connectivity index (χ1v) is 6.15. The van der Waals surface area contributed by atoms with E-state index in [2.05, 4.69) is 20.9 Å². The fourth-order valence-corrected chi connectivity index (χ4v) is 2.49. The first-order valence-electron chi connectivity index (χ1n) is 4.60. The van der Waals surface area contributed by atoms with Gasteiger partial charge >= 0.3 is 0 Å². The first kappa shape index (κ1) is 12.0. The third-order valence-corrected chi connectivity index (χ3v) is 4.34. The number of hydrogen-bond acceptors (Lipinski definition) is 1. The maximum atomic E-state index is 12.0. The zero-order valence-corrected chi connectivity index (χ0v) is 11.7. The number of H-pyrrole nitrogens is 1. The number of aryl methyl sites for hydroxylation is 1. The third-order valence-electron chi connectivity index (χ3n) is 2.62. The third kappa shape index (κ3) is 1.67. The van der Waals surface area contributed by atoms with Gasteiger partial charge in [0.25, 0.3) is 0 Å². The van der Waals surface area contributed by atoms with Crippen LogP contribution in [0.25, 0.3) is 10.9 Å². The van der Waals surface area contributed by atoms with Gasteiger partial charge in [0.05, 0.1) is 15.6 Å². The minimum atomic E-state index is -0.0227. The van der Waals surface area contributed by atoms with Crippen LogP contribution in [-0.4, -0.2) is 4.98 Å². The summed E-state index contributed by atoms with van der Waals surface area (Å²) in [7, 11) is 0. The van der Waals surface area contributed by atoms with E-state index in [0.29, 0.717) is 31.0 Å². The number of nitrogens with one attached hydrogen (secondary N) is 1. The van der Waals surface area contributed by atoms with E-state index in [9.17, 15) is 4.79 Å². The molecular weight excluding hydrogens is 313 g/mol. The highest BCUT2D eigenvalue weighted by molar-refractivity contribution is 9.10. The van der Waals surface area contributed by atoms with Crippen LogP contribution in [0.2, 0.25) is 10.0 Å². The van der Waals surface area contributed by atoms with Gasteiger partial charge in [-0.1, -0.05) is 23.2 Å². The van der Waals surface area contributed by atoms with Crippen molar-refractivity contribution in [3.63, 3.8) is 0 Å². The lowest BCUT2D eigenvalue weighted by atomic mass is 10.1. The van der Waals surface area contributed by atoms with Crippen LogP contribution in [0, 0.1) is 13.8 Å². The number of hydrogen-bond donors (Lipinski definition) is 1. The summed E-state index contributed by atoms with van der Waals surface area (Å²) in [4.78, 5) is 15.1. The average molecular weight is 321 g/mol. The van der Waals surface area contributed by atoms with Crippen LogP contribution < -0.4 is 5.43 Å². The van der Waals surface area contributed by atoms with Crippen molar-refractivity contribution in [3.05, 3.63) is 42.1 Å². The molecule has 2 nitrogen and oxygen atoms in total. The van der Waals surface area contributed by atoms with Crippen LogP contribution in [0.15, 0.2) is 15.3 Å². The van der Waals surface area contributed by atoms with Crippen LogP contribution in [0.4, 0.5) is 0 Å². The summed E-state index contributed by atoms with van der Waals surface area (Å²) in [6, 6.07) is 1.69. The van der Waals surface area contributed by atoms with Crippen molar-refractivity contribution in [2.24, 2.45) is 0 Å². The van der Waals surface area contributed by atoms with E-state index >= 15 is 0 Å². The second kappa shape index (κ2) is 4.06. The summed E-state index contributed by atoms with van der Waals surface area (Å²) in [5, 5.41) is 1.32. The molecule has 0 spiro atoms. The highest BCUT2D eigenvalue weighted by Gasteiger charge is 2.13. The molecule has 0 saturated heterocycles. The fourth-order valence-electron chi connectivity index (χ4n) is 1.55. The Balaban J connectivity index is 3.09. The molecule has 0 fully saturated rings. The van der Waals surface area contributed by atoms with Crippen molar-refractivity contribution < 1.29 is 0 Å². The Morgan fingerprint density at radius 1 is 1.25 bits per heavy atom. The molecule has 1 aromatic heterocycles. The van der Waals surface area contributed by atoms with Gasteiger partial charge in [-0.2, -0.15) is 0 Å². The van der Waals surface area contributed by atoms with Crippen LogP contribution >= 0.6 is 39.1 Å². The minimum absolute atomic E-state index is 0.0227. The number of benzene rings is 1. The van der Waals surface area contributed by atoms with Crippen LogP contribution in [0.1, 0.15) is 11.3 Å². The zero-order chi connectivity index (χ0) is 12.0. The van der Waals surface area contributed by atoms with E-state index in [1.807, 2.05) is 6.92 Å². The molecule has 0 amide bonds. The van der Waals surface area contributed by atoms with Gasteiger partial charge in [0, 0.05) is 21.1 Å². The molecule has 2 rings (SSSR count). The molecule has 0 unspecified atom stereocenters. The zero-order valence-electron chi connectivity index (χ0n) is 8.62. The largest absolute Gasteiger partial charge is 0.357 e. The molecule has 0 radical (unpaired) electrons. The topological polar surface area (TPSA) is 32.9 Å². The molecule has 1 N–H and O–H groups in total. The van der Waals surface area contributed by atoms with Gasteiger partial charge in [0.15, 0.2) is 5.43 Å². The summed E-state index contributed by atoms with van der Waals surface area (Å²) < 4.78 is 0.625. The van der Waals surface area contributed by atoms with E-state index in [-0.39, 0.29) is 5.43 Å². The quantitative estimate of drug-likeness (QED) is 0.724. The predicted octanol–water partition coefficient (Wildman–Crippen LogP) is 4.21. The second-order valence-corrected chi connectivity index (χ2v) is 5.22. The predicted molar refractivity (Wildman–Crippen MR) is 71.8 cm³/mol. The van der Waals surface area contributed by atoms with E-state index in [4.69, 9.17) is 23.2 Å². The van der Waals surface area contributed by atoms with Crippen LogP contribution in [0.3, 0.4) is 0 Å². The Morgan fingerprint density at radius 2 is 1.88 bits per heavy atom. The second-order valence-electron chi connectivity index (χ2n) is 3.61. The molecule has 0 atom stereocenters. The molecule has 16 heavy (non-hydrogen) atoms. The van der Waals surface area contributed by atoms with Crippen molar-refractivity contribution in [2.45, 2.75) is 13.8 Å². The van der Waals surface area contributed by atoms with Gasteiger partial charge in [-0.05, 0) is 35.8 Å². The Labute approximate surface area is 111 Å². The molecule has 84 valence electrons. The number of aromatic nitrogens is 1. The van der Waals surface area contributed by atoms with Crippen molar-refractivity contribution >= 4 is 50.0 Å². The molecular formula is C11H8BrCl2NO. The average Bonchev–Trinajstić information content (AvgIpc) is 2.25. The molecule has 1 heterocycles. The van der Waals surface area contributed by atoms with E-state index < -0.39 is 0 Å². The van der Waals surface area contributed by atoms with Gasteiger partial charge < -0.3 is 4.98 Å². The summed E-state index contributed by atoms with van der Waals surface area (Å²) in [5.74, 6) is 0. The number of aromatic amines is 1. The lowest BCUT2D eigenvalue weighted by Crippen LogP contribution is -2.09.